The largest absolute Gasteiger partial charge is 0.355 e. The number of aromatic nitrogens is 2. The van der Waals surface area contributed by atoms with E-state index in [9.17, 15) is 9.59 Å². The number of hydrogen-bond donors (Lipinski definition) is 1. The summed E-state index contributed by atoms with van der Waals surface area (Å²) in [4.78, 5) is 30.5. The van der Waals surface area contributed by atoms with Crippen LogP contribution in [0.2, 0.25) is 5.02 Å². The Hall–Kier alpha value is -2.31. The third-order valence-electron chi connectivity index (χ3n) is 5.80. The Kier molecular flexibility index (Phi) is 6.98. The first-order valence-electron chi connectivity index (χ1n) is 10.7. The van der Waals surface area contributed by atoms with Gasteiger partial charge in [-0.05, 0) is 55.5 Å². The van der Waals surface area contributed by atoms with Gasteiger partial charge < -0.3 is 5.32 Å². The van der Waals surface area contributed by atoms with Crippen molar-refractivity contribution in [3.8, 4) is 5.69 Å². The standard InChI is InChI=1S/C24H26ClN3O2S/c1-16-11-12-18(13-20(16)25)28-23(30)19-9-5-6-10-21(19)27-24(28)31-15-22(29)26-14-17-7-3-2-4-8-17/h5-6,9-13,17H,2-4,7-8,14-15H2,1H3,(H,26,29). The minimum atomic E-state index is -0.171. The number of thioether (sulfide) groups is 1. The third kappa shape index (κ3) is 5.13. The highest BCUT2D eigenvalue weighted by Gasteiger charge is 2.17. The van der Waals surface area contributed by atoms with Crippen molar-refractivity contribution in [1.82, 2.24) is 14.9 Å². The molecule has 1 aliphatic rings. The number of para-hydroxylation sites is 1. The lowest BCUT2D eigenvalue weighted by atomic mass is 9.89. The summed E-state index contributed by atoms with van der Waals surface area (Å²) in [5, 5.41) is 4.65. The van der Waals surface area contributed by atoms with Gasteiger partial charge in [-0.15, -0.1) is 0 Å². The molecule has 2 aromatic carbocycles. The van der Waals surface area contributed by atoms with Gasteiger partial charge in [0.15, 0.2) is 5.16 Å². The van der Waals surface area contributed by atoms with Gasteiger partial charge in [-0.2, -0.15) is 0 Å². The lowest BCUT2D eigenvalue weighted by molar-refractivity contribution is -0.118. The molecule has 1 aromatic heterocycles. The summed E-state index contributed by atoms with van der Waals surface area (Å²) in [5.41, 5.74) is 2.02. The van der Waals surface area contributed by atoms with Gasteiger partial charge in [0, 0.05) is 11.6 Å². The second-order valence-corrected chi connectivity index (χ2v) is 9.43. The number of carbonyl (C=O) groups is 1. The van der Waals surface area contributed by atoms with Gasteiger partial charge in [-0.25, -0.2) is 4.98 Å². The second-order valence-electron chi connectivity index (χ2n) is 8.08. The van der Waals surface area contributed by atoms with Crippen LogP contribution in [0.5, 0.6) is 0 Å². The molecule has 1 aliphatic carbocycles. The molecule has 0 bridgehead atoms. The van der Waals surface area contributed by atoms with Crippen LogP contribution in [0.1, 0.15) is 37.7 Å². The SMILES string of the molecule is Cc1ccc(-n2c(SCC(=O)NCC3CCCCC3)nc3ccccc3c2=O)cc1Cl. The van der Waals surface area contributed by atoms with Gasteiger partial charge in [-0.3, -0.25) is 14.2 Å². The van der Waals surface area contributed by atoms with Gasteiger partial charge >= 0.3 is 0 Å². The number of nitrogens with zero attached hydrogens (tertiary/aromatic N) is 2. The van der Waals surface area contributed by atoms with Crippen LogP contribution < -0.4 is 10.9 Å². The number of halogens is 1. The van der Waals surface area contributed by atoms with Crippen LogP contribution in [0.15, 0.2) is 52.4 Å². The van der Waals surface area contributed by atoms with Crippen molar-refractivity contribution in [2.24, 2.45) is 5.92 Å². The van der Waals surface area contributed by atoms with Gasteiger partial charge in [0.05, 0.1) is 22.3 Å². The fourth-order valence-corrected chi connectivity index (χ4v) is 5.01. The highest BCUT2D eigenvalue weighted by Crippen LogP contribution is 2.25. The highest BCUT2D eigenvalue weighted by molar-refractivity contribution is 7.99. The zero-order chi connectivity index (χ0) is 21.8. The Bertz CT molecular complexity index is 1160. The molecule has 1 saturated carbocycles. The van der Waals surface area contributed by atoms with Crippen LogP contribution in [0, 0.1) is 12.8 Å². The zero-order valence-electron chi connectivity index (χ0n) is 17.6. The minimum absolute atomic E-state index is 0.0357. The summed E-state index contributed by atoms with van der Waals surface area (Å²) in [6, 6.07) is 12.8. The molecule has 7 heteroatoms. The zero-order valence-corrected chi connectivity index (χ0v) is 19.1. The van der Waals surface area contributed by atoms with Crippen molar-refractivity contribution in [2.45, 2.75) is 44.2 Å². The summed E-state index contributed by atoms with van der Waals surface area (Å²) in [5.74, 6) is 0.748. The van der Waals surface area contributed by atoms with E-state index in [0.717, 1.165) is 12.1 Å². The molecule has 1 fully saturated rings. The highest BCUT2D eigenvalue weighted by atomic mass is 35.5. The molecule has 3 aromatic rings. The number of carbonyl (C=O) groups excluding carboxylic acids is 1. The number of fused-ring (bicyclic) bond motifs is 1. The Morgan fingerprint density at radius 3 is 2.74 bits per heavy atom. The molecular weight excluding hydrogens is 430 g/mol. The van der Waals surface area contributed by atoms with E-state index < -0.39 is 0 Å². The molecule has 0 aliphatic heterocycles. The Morgan fingerprint density at radius 1 is 1.19 bits per heavy atom. The number of rotatable bonds is 6. The first-order valence-corrected chi connectivity index (χ1v) is 12.1. The van der Waals surface area contributed by atoms with E-state index in [1.54, 1.807) is 16.7 Å². The Balaban J connectivity index is 1.59. The topological polar surface area (TPSA) is 64.0 Å². The molecular formula is C24H26ClN3O2S. The van der Waals surface area contributed by atoms with E-state index in [-0.39, 0.29) is 17.2 Å². The van der Waals surface area contributed by atoms with Crippen LogP contribution in [0.3, 0.4) is 0 Å². The van der Waals surface area contributed by atoms with E-state index in [2.05, 4.69) is 10.3 Å². The Labute approximate surface area is 191 Å². The van der Waals surface area contributed by atoms with Crippen LogP contribution in [-0.2, 0) is 4.79 Å². The second kappa shape index (κ2) is 9.88. The van der Waals surface area contributed by atoms with E-state index in [0.29, 0.717) is 32.7 Å². The molecule has 4 rings (SSSR count). The van der Waals surface area contributed by atoms with Crippen molar-refractivity contribution in [2.75, 3.05) is 12.3 Å². The molecule has 0 unspecified atom stereocenters. The van der Waals surface area contributed by atoms with Crippen LogP contribution in [0.25, 0.3) is 16.6 Å². The van der Waals surface area contributed by atoms with Gasteiger partial charge in [0.1, 0.15) is 0 Å². The van der Waals surface area contributed by atoms with E-state index in [1.165, 1.54) is 43.9 Å². The molecule has 1 amide bonds. The van der Waals surface area contributed by atoms with Crippen LogP contribution >= 0.6 is 23.4 Å². The summed E-state index contributed by atoms with van der Waals surface area (Å²) in [6.45, 7) is 2.64. The molecule has 5 nitrogen and oxygen atoms in total. The average molecular weight is 456 g/mol. The number of aryl methyl sites for hydroxylation is 1. The maximum Gasteiger partial charge on any atom is 0.266 e. The summed E-state index contributed by atoms with van der Waals surface area (Å²) >= 11 is 7.59. The fourth-order valence-electron chi connectivity index (χ4n) is 3.99. The van der Waals surface area contributed by atoms with E-state index in [1.807, 2.05) is 37.3 Å². The molecule has 0 saturated heterocycles. The smallest absolute Gasteiger partial charge is 0.266 e. The van der Waals surface area contributed by atoms with Gasteiger partial charge in [0.25, 0.3) is 5.56 Å². The van der Waals surface area contributed by atoms with Gasteiger partial charge in [0.2, 0.25) is 5.91 Å². The van der Waals surface area contributed by atoms with E-state index >= 15 is 0 Å². The van der Waals surface area contributed by atoms with Crippen molar-refractivity contribution in [3.05, 3.63) is 63.4 Å². The predicted molar refractivity (Wildman–Crippen MR) is 127 cm³/mol. The summed E-state index contributed by atoms with van der Waals surface area (Å²) in [7, 11) is 0. The minimum Gasteiger partial charge on any atom is -0.355 e. The van der Waals surface area contributed by atoms with Gasteiger partial charge in [-0.1, -0.05) is 60.8 Å². The van der Waals surface area contributed by atoms with Crippen LogP contribution in [-0.4, -0.2) is 27.8 Å². The fraction of sp³-hybridized carbons (Fsp3) is 0.375. The molecule has 1 N–H and O–H groups in total. The third-order valence-corrected chi connectivity index (χ3v) is 7.15. The van der Waals surface area contributed by atoms with Crippen molar-refractivity contribution in [3.63, 3.8) is 0 Å². The summed E-state index contributed by atoms with van der Waals surface area (Å²) < 4.78 is 1.55. The number of amides is 1. The van der Waals surface area contributed by atoms with E-state index in [4.69, 9.17) is 11.6 Å². The normalized spacial score (nSPS) is 14.6. The maximum atomic E-state index is 13.3. The molecule has 162 valence electrons. The number of nitrogens with one attached hydrogen (secondary N) is 1. The lowest BCUT2D eigenvalue weighted by Crippen LogP contribution is -2.31. The first kappa shape index (κ1) is 21.9. The average Bonchev–Trinajstić information content (AvgIpc) is 2.79. The first-order chi connectivity index (χ1) is 15.0. The summed E-state index contributed by atoms with van der Waals surface area (Å²) in [6.07, 6.45) is 6.18. The molecule has 0 radical (unpaired) electrons. The van der Waals surface area contributed by atoms with Crippen LogP contribution in [0.4, 0.5) is 0 Å². The predicted octanol–water partition coefficient (Wildman–Crippen LogP) is 5.14. The van der Waals surface area contributed by atoms with Crippen molar-refractivity contribution >= 4 is 40.2 Å². The van der Waals surface area contributed by atoms with Crippen molar-refractivity contribution in [1.29, 1.82) is 0 Å². The molecule has 0 atom stereocenters. The monoisotopic (exact) mass is 455 g/mol. The quantitative estimate of drug-likeness (QED) is 0.413. The molecule has 31 heavy (non-hydrogen) atoms. The number of benzene rings is 2. The maximum absolute atomic E-state index is 13.3. The Morgan fingerprint density at radius 2 is 1.97 bits per heavy atom. The number of hydrogen-bond acceptors (Lipinski definition) is 4. The lowest BCUT2D eigenvalue weighted by Gasteiger charge is -2.21. The van der Waals surface area contributed by atoms with Crippen molar-refractivity contribution < 1.29 is 4.79 Å². The molecule has 1 heterocycles. The molecule has 0 spiro atoms.